The fourth-order valence-electron chi connectivity index (χ4n) is 1.92. The van der Waals surface area contributed by atoms with Crippen molar-refractivity contribution >= 4 is 11.7 Å². The van der Waals surface area contributed by atoms with E-state index in [0.717, 1.165) is 6.07 Å². The lowest BCUT2D eigenvalue weighted by atomic mass is 10.1. The molecule has 0 fully saturated rings. The van der Waals surface area contributed by atoms with Crippen molar-refractivity contribution in [2.24, 2.45) is 0 Å². The standard InChI is InChI=1S/C16H15F3N2O3/c1-24-10-4-2-9(3-5-10)13(22)8-20-16(23)21-12-7-6-11(17)14(18)15(12)19/h2-7,13,22H,8H2,1H3,(H2,20,21,23)/t13-/m1/s1. The Morgan fingerprint density at radius 2 is 1.79 bits per heavy atom. The lowest BCUT2D eigenvalue weighted by Crippen LogP contribution is -2.32. The van der Waals surface area contributed by atoms with Gasteiger partial charge in [0, 0.05) is 6.54 Å². The molecule has 2 aromatic carbocycles. The molecule has 0 aliphatic heterocycles. The van der Waals surface area contributed by atoms with E-state index in [0.29, 0.717) is 17.4 Å². The molecule has 0 aliphatic carbocycles. The maximum Gasteiger partial charge on any atom is 0.319 e. The summed E-state index contributed by atoms with van der Waals surface area (Å²) in [4.78, 5) is 11.7. The molecule has 2 rings (SSSR count). The number of halogens is 3. The third-order valence-corrected chi connectivity index (χ3v) is 3.24. The Morgan fingerprint density at radius 3 is 2.42 bits per heavy atom. The van der Waals surface area contributed by atoms with Crippen LogP contribution in [-0.2, 0) is 0 Å². The summed E-state index contributed by atoms with van der Waals surface area (Å²) in [7, 11) is 1.51. The van der Waals surface area contributed by atoms with Crippen LogP contribution in [0.5, 0.6) is 5.75 Å². The van der Waals surface area contributed by atoms with Crippen LogP contribution < -0.4 is 15.4 Å². The van der Waals surface area contributed by atoms with Gasteiger partial charge in [-0.25, -0.2) is 18.0 Å². The molecular formula is C16H15F3N2O3. The van der Waals surface area contributed by atoms with Crippen molar-refractivity contribution in [2.75, 3.05) is 19.0 Å². The van der Waals surface area contributed by atoms with Crippen molar-refractivity contribution in [1.82, 2.24) is 5.32 Å². The molecule has 0 aliphatic rings. The number of carbonyl (C=O) groups excluding carboxylic acids is 1. The minimum Gasteiger partial charge on any atom is -0.497 e. The van der Waals surface area contributed by atoms with Gasteiger partial charge in [0.15, 0.2) is 17.5 Å². The minimum absolute atomic E-state index is 0.163. The fourth-order valence-corrected chi connectivity index (χ4v) is 1.92. The third kappa shape index (κ3) is 4.17. The summed E-state index contributed by atoms with van der Waals surface area (Å²) in [5.41, 5.74) is 0.0282. The Morgan fingerprint density at radius 1 is 1.12 bits per heavy atom. The lowest BCUT2D eigenvalue weighted by molar-refractivity contribution is 0.175. The highest BCUT2D eigenvalue weighted by molar-refractivity contribution is 5.89. The van der Waals surface area contributed by atoms with Crippen molar-refractivity contribution in [2.45, 2.75) is 6.10 Å². The van der Waals surface area contributed by atoms with Gasteiger partial charge in [-0.05, 0) is 29.8 Å². The van der Waals surface area contributed by atoms with E-state index in [1.54, 1.807) is 24.3 Å². The Balaban J connectivity index is 1.92. The van der Waals surface area contributed by atoms with Crippen LogP contribution in [0.25, 0.3) is 0 Å². The monoisotopic (exact) mass is 340 g/mol. The van der Waals surface area contributed by atoms with Gasteiger partial charge in [0.2, 0.25) is 0 Å². The van der Waals surface area contributed by atoms with Gasteiger partial charge in [0.1, 0.15) is 5.75 Å². The molecule has 0 aromatic heterocycles. The van der Waals surface area contributed by atoms with Crippen LogP contribution in [0.15, 0.2) is 36.4 Å². The molecule has 8 heteroatoms. The molecule has 0 radical (unpaired) electrons. The Kier molecular flexibility index (Phi) is 5.64. The summed E-state index contributed by atoms with van der Waals surface area (Å²) in [6.07, 6.45) is -1.00. The van der Waals surface area contributed by atoms with Gasteiger partial charge in [-0.15, -0.1) is 0 Å². The highest BCUT2D eigenvalue weighted by Crippen LogP contribution is 2.20. The van der Waals surface area contributed by atoms with Crippen LogP contribution in [0.4, 0.5) is 23.7 Å². The second-order valence-electron chi connectivity index (χ2n) is 4.85. The number of benzene rings is 2. The topological polar surface area (TPSA) is 70.6 Å². The number of amides is 2. The van der Waals surface area contributed by atoms with E-state index < -0.39 is 35.3 Å². The number of hydrogen-bond donors (Lipinski definition) is 3. The Bertz CT molecular complexity index is 723. The van der Waals surface area contributed by atoms with Gasteiger partial charge in [-0.3, -0.25) is 0 Å². The molecule has 2 aromatic rings. The zero-order valence-corrected chi connectivity index (χ0v) is 12.6. The van der Waals surface area contributed by atoms with Crippen LogP contribution in [0.2, 0.25) is 0 Å². The van der Waals surface area contributed by atoms with Gasteiger partial charge in [-0.2, -0.15) is 0 Å². The molecule has 0 saturated heterocycles. The number of ether oxygens (including phenoxy) is 1. The third-order valence-electron chi connectivity index (χ3n) is 3.24. The molecule has 2 amide bonds. The van der Waals surface area contributed by atoms with E-state index in [-0.39, 0.29) is 6.54 Å². The van der Waals surface area contributed by atoms with Gasteiger partial charge in [0.05, 0.1) is 18.9 Å². The van der Waals surface area contributed by atoms with E-state index in [4.69, 9.17) is 4.74 Å². The number of nitrogens with one attached hydrogen (secondary N) is 2. The number of carbonyl (C=O) groups is 1. The molecule has 0 spiro atoms. The SMILES string of the molecule is COc1ccc([C@H](O)CNC(=O)Nc2ccc(F)c(F)c2F)cc1. The number of aliphatic hydroxyl groups excluding tert-OH is 1. The van der Waals surface area contributed by atoms with Crippen molar-refractivity contribution in [3.8, 4) is 5.75 Å². The quantitative estimate of drug-likeness (QED) is 0.733. The molecule has 0 heterocycles. The maximum absolute atomic E-state index is 13.4. The Labute approximate surface area is 136 Å². The normalized spacial score (nSPS) is 11.7. The number of anilines is 1. The molecule has 1 atom stereocenters. The summed E-state index contributed by atoms with van der Waals surface area (Å²) in [5, 5.41) is 14.3. The summed E-state index contributed by atoms with van der Waals surface area (Å²) in [5.74, 6) is -3.91. The van der Waals surface area contributed by atoms with Crippen molar-refractivity contribution in [3.63, 3.8) is 0 Å². The second-order valence-corrected chi connectivity index (χ2v) is 4.85. The second kappa shape index (κ2) is 7.69. The average molecular weight is 340 g/mol. The zero-order chi connectivity index (χ0) is 17.7. The predicted octanol–water partition coefficient (Wildman–Crippen LogP) is 2.97. The molecular weight excluding hydrogens is 325 g/mol. The van der Waals surface area contributed by atoms with E-state index in [9.17, 15) is 23.1 Å². The predicted molar refractivity (Wildman–Crippen MR) is 81.3 cm³/mol. The minimum atomic E-state index is -1.67. The summed E-state index contributed by atoms with van der Waals surface area (Å²) >= 11 is 0. The van der Waals surface area contributed by atoms with Gasteiger partial charge < -0.3 is 20.5 Å². The van der Waals surface area contributed by atoms with Crippen LogP contribution >= 0.6 is 0 Å². The smallest absolute Gasteiger partial charge is 0.319 e. The largest absolute Gasteiger partial charge is 0.497 e. The molecule has 0 bridgehead atoms. The lowest BCUT2D eigenvalue weighted by Gasteiger charge is -2.14. The van der Waals surface area contributed by atoms with Crippen LogP contribution in [-0.4, -0.2) is 24.8 Å². The van der Waals surface area contributed by atoms with Crippen molar-refractivity contribution in [3.05, 3.63) is 59.4 Å². The maximum atomic E-state index is 13.4. The highest BCUT2D eigenvalue weighted by Gasteiger charge is 2.16. The van der Waals surface area contributed by atoms with Gasteiger partial charge >= 0.3 is 6.03 Å². The Hall–Kier alpha value is -2.74. The number of rotatable bonds is 5. The van der Waals surface area contributed by atoms with Gasteiger partial charge in [-0.1, -0.05) is 12.1 Å². The fraction of sp³-hybridized carbons (Fsp3) is 0.188. The first kappa shape index (κ1) is 17.6. The number of urea groups is 1. The first-order valence-electron chi connectivity index (χ1n) is 6.92. The molecule has 5 nitrogen and oxygen atoms in total. The van der Waals surface area contributed by atoms with E-state index >= 15 is 0 Å². The number of aliphatic hydroxyl groups is 1. The number of hydrogen-bond acceptors (Lipinski definition) is 3. The van der Waals surface area contributed by atoms with E-state index in [1.165, 1.54) is 7.11 Å². The van der Waals surface area contributed by atoms with Crippen LogP contribution in [0.3, 0.4) is 0 Å². The molecule has 0 unspecified atom stereocenters. The summed E-state index contributed by atoms with van der Waals surface area (Å²) in [6.45, 7) is -0.163. The van der Waals surface area contributed by atoms with Gasteiger partial charge in [0.25, 0.3) is 0 Å². The van der Waals surface area contributed by atoms with Crippen LogP contribution in [0, 0.1) is 17.5 Å². The molecule has 128 valence electrons. The van der Waals surface area contributed by atoms with Crippen molar-refractivity contribution in [1.29, 1.82) is 0 Å². The number of methoxy groups -OCH3 is 1. The van der Waals surface area contributed by atoms with E-state index in [1.807, 2.05) is 5.32 Å². The molecule has 0 saturated carbocycles. The van der Waals surface area contributed by atoms with Crippen molar-refractivity contribution < 1.29 is 27.8 Å². The molecule has 3 N–H and O–H groups in total. The summed E-state index contributed by atoms with van der Waals surface area (Å²) < 4.78 is 44.3. The molecule has 24 heavy (non-hydrogen) atoms. The zero-order valence-electron chi connectivity index (χ0n) is 12.6. The first-order valence-corrected chi connectivity index (χ1v) is 6.92. The highest BCUT2D eigenvalue weighted by atomic mass is 19.2. The van der Waals surface area contributed by atoms with E-state index in [2.05, 4.69) is 5.32 Å². The first-order chi connectivity index (χ1) is 11.4. The average Bonchev–Trinajstić information content (AvgIpc) is 2.60. The van der Waals surface area contributed by atoms with Crippen LogP contribution in [0.1, 0.15) is 11.7 Å². The summed E-state index contributed by atoms with van der Waals surface area (Å²) in [6, 6.07) is 7.27.